The third-order valence-corrected chi connectivity index (χ3v) is 5.34. The molecular formula is C14H27N3. The standard InChI is InChI=1S/C14H27N3/c1-2-12-5-7-17(9-12)14(10-15)6-8-16(11-14)13-3-4-13/h12-13H,2-11,15H2,1H3. The molecule has 0 aromatic rings. The van der Waals surface area contributed by atoms with Crippen LogP contribution in [0.25, 0.3) is 0 Å². The second-order valence-corrected chi connectivity index (χ2v) is 6.39. The maximum atomic E-state index is 6.15. The fourth-order valence-corrected chi connectivity index (χ4v) is 3.79. The fourth-order valence-electron chi connectivity index (χ4n) is 3.79. The van der Waals surface area contributed by atoms with Crippen LogP contribution in [-0.4, -0.2) is 54.1 Å². The van der Waals surface area contributed by atoms with Crippen molar-refractivity contribution in [3.8, 4) is 0 Å². The lowest BCUT2D eigenvalue weighted by molar-refractivity contribution is 0.121. The van der Waals surface area contributed by atoms with Crippen molar-refractivity contribution in [2.75, 3.05) is 32.7 Å². The van der Waals surface area contributed by atoms with E-state index in [4.69, 9.17) is 5.73 Å². The Hall–Kier alpha value is -0.120. The van der Waals surface area contributed by atoms with Crippen LogP contribution in [0.1, 0.15) is 39.0 Å². The van der Waals surface area contributed by atoms with Crippen molar-refractivity contribution in [1.82, 2.24) is 9.80 Å². The highest BCUT2D eigenvalue weighted by Gasteiger charge is 2.47. The Kier molecular flexibility index (Phi) is 3.18. The molecule has 17 heavy (non-hydrogen) atoms. The third kappa shape index (κ3) is 2.13. The van der Waals surface area contributed by atoms with Gasteiger partial charge in [-0.1, -0.05) is 13.3 Å². The third-order valence-electron chi connectivity index (χ3n) is 5.34. The van der Waals surface area contributed by atoms with Crippen molar-refractivity contribution < 1.29 is 0 Å². The summed E-state index contributed by atoms with van der Waals surface area (Å²) in [6, 6.07) is 0.910. The van der Waals surface area contributed by atoms with E-state index in [1.807, 2.05) is 0 Å². The van der Waals surface area contributed by atoms with Gasteiger partial charge in [0, 0.05) is 37.8 Å². The number of hydrogen-bond donors (Lipinski definition) is 1. The predicted octanol–water partition coefficient (Wildman–Crippen LogP) is 1.28. The summed E-state index contributed by atoms with van der Waals surface area (Å²) in [5.74, 6) is 0.924. The molecule has 1 saturated carbocycles. The molecule has 3 rings (SSSR count). The van der Waals surface area contributed by atoms with Crippen LogP contribution in [0.5, 0.6) is 0 Å². The van der Waals surface area contributed by atoms with Crippen LogP contribution >= 0.6 is 0 Å². The minimum atomic E-state index is 0.326. The smallest absolute Gasteiger partial charge is 0.0470 e. The molecule has 0 aromatic carbocycles. The van der Waals surface area contributed by atoms with Crippen LogP contribution in [0, 0.1) is 5.92 Å². The van der Waals surface area contributed by atoms with Gasteiger partial charge in [-0.15, -0.1) is 0 Å². The SMILES string of the molecule is CCC1CCN(C2(CN)CCN(C3CC3)C2)C1. The molecule has 3 fully saturated rings. The van der Waals surface area contributed by atoms with Crippen molar-refractivity contribution in [2.45, 2.75) is 50.6 Å². The maximum Gasteiger partial charge on any atom is 0.0470 e. The molecule has 0 amide bonds. The summed E-state index contributed by atoms with van der Waals surface area (Å²) < 4.78 is 0. The van der Waals surface area contributed by atoms with E-state index < -0.39 is 0 Å². The van der Waals surface area contributed by atoms with E-state index >= 15 is 0 Å². The van der Waals surface area contributed by atoms with E-state index in [0.29, 0.717) is 5.54 Å². The Morgan fingerprint density at radius 1 is 1.24 bits per heavy atom. The van der Waals surface area contributed by atoms with Gasteiger partial charge < -0.3 is 5.73 Å². The number of nitrogens with zero attached hydrogens (tertiary/aromatic N) is 2. The van der Waals surface area contributed by atoms with Crippen LogP contribution in [0.3, 0.4) is 0 Å². The second-order valence-electron chi connectivity index (χ2n) is 6.39. The topological polar surface area (TPSA) is 32.5 Å². The van der Waals surface area contributed by atoms with Crippen LogP contribution in [0.4, 0.5) is 0 Å². The second kappa shape index (κ2) is 4.52. The zero-order chi connectivity index (χ0) is 11.9. The summed E-state index contributed by atoms with van der Waals surface area (Å²) in [6.45, 7) is 8.29. The largest absolute Gasteiger partial charge is 0.329 e. The number of likely N-dealkylation sites (tertiary alicyclic amines) is 2. The normalized spacial score (nSPS) is 40.2. The highest BCUT2D eigenvalue weighted by Crippen LogP contribution is 2.38. The van der Waals surface area contributed by atoms with Gasteiger partial charge in [0.05, 0.1) is 0 Å². The van der Waals surface area contributed by atoms with Crippen molar-refractivity contribution in [2.24, 2.45) is 11.7 Å². The zero-order valence-corrected chi connectivity index (χ0v) is 11.2. The minimum Gasteiger partial charge on any atom is -0.329 e. The van der Waals surface area contributed by atoms with Crippen molar-refractivity contribution >= 4 is 0 Å². The molecule has 2 saturated heterocycles. The van der Waals surface area contributed by atoms with Gasteiger partial charge in [-0.25, -0.2) is 0 Å². The molecule has 3 nitrogen and oxygen atoms in total. The highest BCUT2D eigenvalue weighted by atomic mass is 15.3. The molecule has 2 unspecified atom stereocenters. The minimum absolute atomic E-state index is 0.326. The first-order valence-corrected chi connectivity index (χ1v) is 7.46. The van der Waals surface area contributed by atoms with Gasteiger partial charge in [-0.3, -0.25) is 9.80 Å². The lowest BCUT2D eigenvalue weighted by Gasteiger charge is -2.38. The van der Waals surface area contributed by atoms with Gasteiger partial charge in [-0.05, 0) is 38.1 Å². The van der Waals surface area contributed by atoms with Crippen LogP contribution < -0.4 is 5.73 Å². The summed E-state index contributed by atoms with van der Waals surface area (Å²) in [6.07, 6.45) is 6.89. The van der Waals surface area contributed by atoms with Crippen LogP contribution in [0.2, 0.25) is 0 Å². The first kappa shape index (κ1) is 11.9. The number of rotatable bonds is 4. The molecule has 0 radical (unpaired) electrons. The first-order chi connectivity index (χ1) is 8.27. The fraction of sp³-hybridized carbons (Fsp3) is 1.00. The summed E-state index contributed by atoms with van der Waals surface area (Å²) in [5, 5.41) is 0. The lowest BCUT2D eigenvalue weighted by Crippen LogP contribution is -2.54. The zero-order valence-electron chi connectivity index (χ0n) is 11.2. The van der Waals surface area contributed by atoms with Gasteiger partial charge in [0.2, 0.25) is 0 Å². The molecule has 2 atom stereocenters. The summed E-state index contributed by atoms with van der Waals surface area (Å²) in [5.41, 5.74) is 6.48. The van der Waals surface area contributed by atoms with E-state index in [1.54, 1.807) is 0 Å². The maximum absolute atomic E-state index is 6.15. The summed E-state index contributed by atoms with van der Waals surface area (Å²) in [4.78, 5) is 5.43. The first-order valence-electron chi connectivity index (χ1n) is 7.46. The summed E-state index contributed by atoms with van der Waals surface area (Å²) >= 11 is 0. The van der Waals surface area contributed by atoms with Gasteiger partial charge in [0.15, 0.2) is 0 Å². The Morgan fingerprint density at radius 3 is 2.65 bits per heavy atom. The van der Waals surface area contributed by atoms with E-state index in [2.05, 4.69) is 16.7 Å². The molecule has 98 valence electrons. The Balaban J connectivity index is 1.66. The van der Waals surface area contributed by atoms with Crippen molar-refractivity contribution in [1.29, 1.82) is 0 Å². The van der Waals surface area contributed by atoms with Crippen LogP contribution in [-0.2, 0) is 0 Å². The molecule has 0 bridgehead atoms. The average Bonchev–Trinajstić information content (AvgIpc) is 2.95. The van der Waals surface area contributed by atoms with Crippen molar-refractivity contribution in [3.63, 3.8) is 0 Å². The quantitative estimate of drug-likeness (QED) is 0.799. The van der Waals surface area contributed by atoms with Gasteiger partial charge in [-0.2, -0.15) is 0 Å². The van der Waals surface area contributed by atoms with E-state index in [1.165, 1.54) is 58.3 Å². The van der Waals surface area contributed by atoms with Crippen molar-refractivity contribution in [3.05, 3.63) is 0 Å². The molecule has 2 N–H and O–H groups in total. The van der Waals surface area contributed by atoms with Gasteiger partial charge >= 0.3 is 0 Å². The molecule has 2 heterocycles. The van der Waals surface area contributed by atoms with E-state index in [9.17, 15) is 0 Å². The monoisotopic (exact) mass is 237 g/mol. The number of nitrogens with two attached hydrogens (primary N) is 1. The Labute approximate surface area is 105 Å². The molecule has 2 aliphatic heterocycles. The summed E-state index contributed by atoms with van der Waals surface area (Å²) in [7, 11) is 0. The van der Waals surface area contributed by atoms with Gasteiger partial charge in [0.25, 0.3) is 0 Å². The van der Waals surface area contributed by atoms with Gasteiger partial charge in [0.1, 0.15) is 0 Å². The number of hydrogen-bond acceptors (Lipinski definition) is 3. The average molecular weight is 237 g/mol. The molecule has 3 aliphatic rings. The predicted molar refractivity (Wildman–Crippen MR) is 71.0 cm³/mol. The van der Waals surface area contributed by atoms with E-state index in [0.717, 1.165) is 18.5 Å². The molecular weight excluding hydrogens is 210 g/mol. The Morgan fingerprint density at radius 2 is 2.06 bits per heavy atom. The highest BCUT2D eigenvalue weighted by molar-refractivity contribution is 5.05. The molecule has 3 heteroatoms. The molecule has 0 aromatic heterocycles. The molecule has 0 spiro atoms. The lowest BCUT2D eigenvalue weighted by atomic mass is 9.96. The van der Waals surface area contributed by atoms with Crippen LogP contribution in [0.15, 0.2) is 0 Å². The molecule has 1 aliphatic carbocycles. The van der Waals surface area contributed by atoms with E-state index in [-0.39, 0.29) is 0 Å². The Bertz CT molecular complexity index is 277.